The number of anilines is 1. The molecule has 34 heavy (non-hydrogen) atoms. The number of carbonyl (C=O) groups excluding carboxylic acids is 1. The molecule has 0 aliphatic rings. The standard InChI is InChI=1S/C26H28N4O3S/c1-4-5-6-24-29-30-26(34-24)28-25(31)21(17-27)16-20-7-9-22(10-8-20)32-11-12-33-23-14-18(2)13-19(3)15-23/h7-10,13-16H,4-6,11-12H2,1-3H3,(H,28,30,31). The van der Waals surface area contributed by atoms with Crippen LogP contribution in [0.25, 0.3) is 6.08 Å². The van der Waals surface area contributed by atoms with Crippen molar-refractivity contribution >= 4 is 28.5 Å². The molecule has 1 heterocycles. The van der Waals surface area contributed by atoms with Crippen molar-refractivity contribution in [2.45, 2.75) is 40.0 Å². The Morgan fingerprint density at radius 1 is 1.06 bits per heavy atom. The van der Waals surface area contributed by atoms with Crippen LogP contribution in [0.3, 0.4) is 0 Å². The molecule has 0 spiro atoms. The second kappa shape index (κ2) is 12.5. The molecule has 7 nitrogen and oxygen atoms in total. The lowest BCUT2D eigenvalue weighted by Crippen LogP contribution is -2.13. The number of nitrogens with zero attached hydrogens (tertiary/aromatic N) is 3. The number of carbonyl (C=O) groups is 1. The van der Waals surface area contributed by atoms with Crippen LogP contribution in [0.5, 0.6) is 11.5 Å². The van der Waals surface area contributed by atoms with Gasteiger partial charge in [-0.05, 0) is 67.3 Å². The lowest BCUT2D eigenvalue weighted by Gasteiger charge is -2.10. The summed E-state index contributed by atoms with van der Waals surface area (Å²) < 4.78 is 11.5. The summed E-state index contributed by atoms with van der Waals surface area (Å²) in [5.41, 5.74) is 3.02. The number of nitrogens with one attached hydrogen (secondary N) is 1. The lowest BCUT2D eigenvalue weighted by atomic mass is 10.1. The van der Waals surface area contributed by atoms with Crippen molar-refractivity contribution in [2.75, 3.05) is 18.5 Å². The van der Waals surface area contributed by atoms with Gasteiger partial charge in [0, 0.05) is 6.42 Å². The van der Waals surface area contributed by atoms with Gasteiger partial charge >= 0.3 is 0 Å². The predicted octanol–water partition coefficient (Wildman–Crippen LogP) is 5.50. The highest BCUT2D eigenvalue weighted by Gasteiger charge is 2.13. The molecule has 0 bridgehead atoms. The van der Waals surface area contributed by atoms with Gasteiger partial charge in [-0.2, -0.15) is 5.26 Å². The number of ether oxygens (including phenoxy) is 2. The second-order valence-corrected chi connectivity index (χ2v) is 8.88. The third-order valence-electron chi connectivity index (χ3n) is 4.80. The van der Waals surface area contributed by atoms with E-state index in [4.69, 9.17) is 9.47 Å². The van der Waals surface area contributed by atoms with E-state index in [1.165, 1.54) is 17.4 Å². The van der Waals surface area contributed by atoms with Crippen molar-refractivity contribution in [2.24, 2.45) is 0 Å². The summed E-state index contributed by atoms with van der Waals surface area (Å²) in [5.74, 6) is 0.997. The average molecular weight is 477 g/mol. The SMILES string of the molecule is CCCCc1nnc(NC(=O)C(C#N)=Cc2ccc(OCCOc3cc(C)cc(C)c3)cc2)s1. The first-order chi connectivity index (χ1) is 16.5. The lowest BCUT2D eigenvalue weighted by molar-refractivity contribution is -0.112. The molecule has 1 aromatic heterocycles. The molecule has 1 amide bonds. The van der Waals surface area contributed by atoms with E-state index in [-0.39, 0.29) is 5.57 Å². The summed E-state index contributed by atoms with van der Waals surface area (Å²) >= 11 is 1.33. The van der Waals surface area contributed by atoms with Gasteiger partial charge in [0.15, 0.2) is 0 Å². The smallest absolute Gasteiger partial charge is 0.268 e. The number of amides is 1. The number of aryl methyl sites for hydroxylation is 3. The highest BCUT2D eigenvalue weighted by Crippen LogP contribution is 2.20. The van der Waals surface area contributed by atoms with Gasteiger partial charge < -0.3 is 9.47 Å². The van der Waals surface area contributed by atoms with Crippen molar-refractivity contribution < 1.29 is 14.3 Å². The first-order valence-corrected chi connectivity index (χ1v) is 12.0. The van der Waals surface area contributed by atoms with Gasteiger partial charge in [-0.15, -0.1) is 10.2 Å². The minimum Gasteiger partial charge on any atom is -0.490 e. The monoisotopic (exact) mass is 476 g/mol. The summed E-state index contributed by atoms with van der Waals surface area (Å²) in [6, 6.07) is 15.2. The molecular formula is C26H28N4O3S. The van der Waals surface area contributed by atoms with Crippen LogP contribution in [0.4, 0.5) is 5.13 Å². The molecule has 176 valence electrons. The first kappa shape index (κ1) is 24.9. The minimum atomic E-state index is -0.510. The highest BCUT2D eigenvalue weighted by molar-refractivity contribution is 7.15. The van der Waals surface area contributed by atoms with Crippen LogP contribution in [-0.2, 0) is 11.2 Å². The fraction of sp³-hybridized carbons (Fsp3) is 0.308. The van der Waals surface area contributed by atoms with Gasteiger partial charge in [-0.1, -0.05) is 42.9 Å². The van der Waals surface area contributed by atoms with E-state index in [9.17, 15) is 10.1 Å². The number of benzene rings is 2. The van der Waals surface area contributed by atoms with Gasteiger partial charge in [0.05, 0.1) is 0 Å². The Morgan fingerprint density at radius 2 is 1.74 bits per heavy atom. The van der Waals surface area contributed by atoms with Crippen LogP contribution < -0.4 is 14.8 Å². The Morgan fingerprint density at radius 3 is 2.38 bits per heavy atom. The van der Waals surface area contributed by atoms with E-state index in [1.54, 1.807) is 24.3 Å². The summed E-state index contributed by atoms with van der Waals surface area (Å²) in [6.07, 6.45) is 4.44. The number of rotatable bonds is 11. The first-order valence-electron chi connectivity index (χ1n) is 11.2. The molecule has 0 fully saturated rings. The largest absolute Gasteiger partial charge is 0.490 e. The Hall–Kier alpha value is -3.70. The van der Waals surface area contributed by atoms with Crippen LogP contribution in [0, 0.1) is 25.2 Å². The number of hydrogen-bond donors (Lipinski definition) is 1. The summed E-state index contributed by atoms with van der Waals surface area (Å²) in [4.78, 5) is 12.5. The highest BCUT2D eigenvalue weighted by atomic mass is 32.1. The molecule has 2 aromatic carbocycles. The molecule has 0 unspecified atom stereocenters. The normalized spacial score (nSPS) is 11.1. The molecule has 3 aromatic rings. The maximum absolute atomic E-state index is 12.5. The fourth-order valence-corrected chi connectivity index (χ4v) is 3.99. The molecule has 0 saturated heterocycles. The van der Waals surface area contributed by atoms with Crippen molar-refractivity contribution in [1.82, 2.24) is 10.2 Å². The quantitative estimate of drug-likeness (QED) is 0.223. The number of aromatic nitrogens is 2. The summed E-state index contributed by atoms with van der Waals surface area (Å²) in [6.45, 7) is 7.00. The molecule has 8 heteroatoms. The predicted molar refractivity (Wildman–Crippen MR) is 134 cm³/mol. The number of unbranched alkanes of at least 4 members (excludes halogenated alkanes) is 1. The van der Waals surface area contributed by atoms with Crippen molar-refractivity contribution in [3.05, 3.63) is 69.7 Å². The maximum Gasteiger partial charge on any atom is 0.268 e. The van der Waals surface area contributed by atoms with E-state index >= 15 is 0 Å². The van der Waals surface area contributed by atoms with Gasteiger partial charge in [0.1, 0.15) is 41.4 Å². The van der Waals surface area contributed by atoms with E-state index in [1.807, 2.05) is 32.0 Å². The Kier molecular flexibility index (Phi) is 9.18. The van der Waals surface area contributed by atoms with Gasteiger partial charge in [0.25, 0.3) is 5.91 Å². The zero-order chi connectivity index (χ0) is 24.3. The van der Waals surface area contributed by atoms with Crippen LogP contribution >= 0.6 is 11.3 Å². The fourth-order valence-electron chi connectivity index (χ4n) is 3.21. The number of hydrogen-bond acceptors (Lipinski definition) is 7. The zero-order valence-corrected chi connectivity index (χ0v) is 20.4. The molecule has 0 saturated carbocycles. The summed E-state index contributed by atoms with van der Waals surface area (Å²) in [5, 5.41) is 21.4. The summed E-state index contributed by atoms with van der Waals surface area (Å²) in [7, 11) is 0. The average Bonchev–Trinajstić information content (AvgIpc) is 3.26. The van der Waals surface area contributed by atoms with Crippen molar-refractivity contribution in [1.29, 1.82) is 5.26 Å². The molecule has 0 radical (unpaired) electrons. The second-order valence-electron chi connectivity index (χ2n) is 7.82. The Bertz CT molecular complexity index is 1160. The Labute approximate surface area is 204 Å². The molecule has 0 atom stereocenters. The minimum absolute atomic E-state index is 0.0131. The molecule has 3 rings (SSSR count). The number of nitriles is 1. The van der Waals surface area contributed by atoms with Gasteiger partial charge in [-0.25, -0.2) is 0 Å². The van der Waals surface area contributed by atoms with Gasteiger partial charge in [-0.3, -0.25) is 10.1 Å². The van der Waals surface area contributed by atoms with E-state index < -0.39 is 5.91 Å². The Balaban J connectivity index is 1.51. The maximum atomic E-state index is 12.5. The van der Waals surface area contributed by atoms with E-state index in [0.29, 0.717) is 29.7 Å². The van der Waals surface area contributed by atoms with E-state index in [0.717, 1.165) is 41.1 Å². The zero-order valence-electron chi connectivity index (χ0n) is 19.6. The van der Waals surface area contributed by atoms with Crippen molar-refractivity contribution in [3.8, 4) is 17.6 Å². The molecule has 0 aliphatic carbocycles. The van der Waals surface area contributed by atoms with Crippen LogP contribution in [0.15, 0.2) is 48.0 Å². The third kappa shape index (κ3) is 7.71. The molecule has 1 N–H and O–H groups in total. The van der Waals surface area contributed by atoms with Crippen molar-refractivity contribution in [3.63, 3.8) is 0 Å². The van der Waals surface area contributed by atoms with Crippen LogP contribution in [-0.4, -0.2) is 29.3 Å². The molecule has 0 aliphatic heterocycles. The van der Waals surface area contributed by atoms with Crippen LogP contribution in [0.2, 0.25) is 0 Å². The third-order valence-corrected chi connectivity index (χ3v) is 5.70. The topological polar surface area (TPSA) is 97.1 Å². The van der Waals surface area contributed by atoms with E-state index in [2.05, 4.69) is 28.5 Å². The van der Waals surface area contributed by atoms with Gasteiger partial charge in [0.2, 0.25) is 5.13 Å². The molecular weight excluding hydrogens is 448 g/mol. The van der Waals surface area contributed by atoms with Crippen LogP contribution in [0.1, 0.15) is 41.5 Å².